The summed E-state index contributed by atoms with van der Waals surface area (Å²) in [7, 11) is -1.92. The maximum absolute atomic E-state index is 10.9. The van der Waals surface area contributed by atoms with Crippen molar-refractivity contribution in [1.29, 1.82) is 0 Å². The lowest BCUT2D eigenvalue weighted by molar-refractivity contribution is 0.287. The Morgan fingerprint density at radius 2 is 2.10 bits per heavy atom. The molecule has 62 valence electrons. The van der Waals surface area contributed by atoms with Gasteiger partial charge in [0.2, 0.25) is 10.0 Å². The maximum Gasteiger partial charge on any atom is 0.216 e. The highest BCUT2D eigenvalue weighted by Crippen LogP contribution is 2.01. The van der Waals surface area contributed by atoms with E-state index in [-0.39, 0.29) is 6.61 Å². The third-order valence-electron chi connectivity index (χ3n) is 1.38. The van der Waals surface area contributed by atoms with Crippen LogP contribution >= 0.6 is 0 Å². The fourth-order valence-electron chi connectivity index (χ4n) is 0.613. The van der Waals surface area contributed by atoms with E-state index in [1.54, 1.807) is 6.92 Å². The van der Waals surface area contributed by atoms with E-state index in [1.807, 2.05) is 0 Å². The average molecular weight is 167 g/mol. The van der Waals surface area contributed by atoms with Gasteiger partial charge in [0, 0.05) is 0 Å². The van der Waals surface area contributed by atoms with Gasteiger partial charge in [0.05, 0.1) is 11.9 Å². The highest BCUT2D eigenvalue weighted by atomic mass is 32.2. The van der Waals surface area contributed by atoms with Gasteiger partial charge in [-0.3, -0.25) is 0 Å². The van der Waals surface area contributed by atoms with Crippen molar-refractivity contribution in [3.63, 3.8) is 0 Å². The Balaban J connectivity index is 4.28. The lowest BCUT2D eigenvalue weighted by Crippen LogP contribution is -2.33. The molecule has 0 heterocycles. The average Bonchev–Trinajstić information content (AvgIpc) is 1.90. The smallest absolute Gasteiger partial charge is 0.216 e. The van der Waals surface area contributed by atoms with Crippen LogP contribution < -0.4 is 4.72 Å². The molecule has 0 aliphatic carbocycles. The summed E-state index contributed by atoms with van der Waals surface area (Å²) >= 11 is 0. The molecule has 0 aromatic carbocycles. The van der Waals surface area contributed by atoms with Gasteiger partial charge in [-0.25, -0.2) is 13.1 Å². The van der Waals surface area contributed by atoms with Gasteiger partial charge in [-0.05, 0) is 13.5 Å². The molecule has 0 aromatic heterocycles. The van der Waals surface area contributed by atoms with Gasteiger partial charge in [0.15, 0.2) is 0 Å². The molecule has 1 atom stereocenters. The number of rotatable bonds is 4. The zero-order valence-corrected chi connectivity index (χ0v) is 6.98. The number of nitrogens with one attached hydrogen (secondary N) is 1. The van der Waals surface area contributed by atoms with Gasteiger partial charge < -0.3 is 5.11 Å². The van der Waals surface area contributed by atoms with Crippen LogP contribution in [0.3, 0.4) is 0 Å². The Labute approximate surface area is 61.3 Å². The number of sulfonamides is 1. The highest BCUT2D eigenvalue weighted by Gasteiger charge is 2.19. The minimum atomic E-state index is -3.26. The van der Waals surface area contributed by atoms with Gasteiger partial charge >= 0.3 is 0 Å². The summed E-state index contributed by atoms with van der Waals surface area (Å²) in [4.78, 5) is 0. The molecule has 0 aliphatic heterocycles. The third kappa shape index (κ3) is 2.24. The molecular weight excluding hydrogens is 154 g/mol. The van der Waals surface area contributed by atoms with Crippen molar-refractivity contribution < 1.29 is 13.5 Å². The molecule has 5 heteroatoms. The van der Waals surface area contributed by atoms with E-state index in [0.717, 1.165) is 0 Å². The molecule has 1 unspecified atom stereocenters. The minimum absolute atomic E-state index is 0.320. The summed E-state index contributed by atoms with van der Waals surface area (Å²) in [5.41, 5.74) is 0. The van der Waals surface area contributed by atoms with Gasteiger partial charge in [0.25, 0.3) is 0 Å². The molecule has 0 aliphatic rings. The quantitative estimate of drug-likeness (QED) is 0.582. The second-order valence-corrected chi connectivity index (χ2v) is 4.13. The Morgan fingerprint density at radius 1 is 1.60 bits per heavy atom. The van der Waals surface area contributed by atoms with Crippen LogP contribution in [0.5, 0.6) is 0 Å². The zero-order valence-electron chi connectivity index (χ0n) is 6.16. The fraction of sp³-hybridized carbons (Fsp3) is 1.00. The molecule has 2 N–H and O–H groups in total. The second-order valence-electron chi connectivity index (χ2n) is 1.96. The summed E-state index contributed by atoms with van der Waals surface area (Å²) in [6, 6.07) is 0. The maximum atomic E-state index is 10.9. The van der Waals surface area contributed by atoms with Crippen LogP contribution in [-0.2, 0) is 10.0 Å². The molecule has 4 nitrogen and oxygen atoms in total. The van der Waals surface area contributed by atoms with E-state index in [9.17, 15) is 8.42 Å². The van der Waals surface area contributed by atoms with Crippen molar-refractivity contribution >= 4 is 10.0 Å². The van der Waals surface area contributed by atoms with Crippen LogP contribution in [0.2, 0.25) is 0 Å². The first-order chi connectivity index (χ1) is 4.58. The van der Waals surface area contributed by atoms with Crippen molar-refractivity contribution in [2.24, 2.45) is 0 Å². The Kier molecular flexibility index (Phi) is 3.85. The molecule has 0 saturated carbocycles. The van der Waals surface area contributed by atoms with Crippen molar-refractivity contribution in [2.75, 3.05) is 13.7 Å². The fourth-order valence-corrected chi connectivity index (χ4v) is 1.58. The summed E-state index contributed by atoms with van der Waals surface area (Å²) in [6.07, 6.45) is 0.430. The summed E-state index contributed by atoms with van der Waals surface area (Å²) in [5.74, 6) is 0. The predicted molar refractivity (Wildman–Crippen MR) is 39.1 cm³/mol. The van der Waals surface area contributed by atoms with Crippen molar-refractivity contribution in [2.45, 2.75) is 18.6 Å². The van der Waals surface area contributed by atoms with Crippen LogP contribution in [-0.4, -0.2) is 32.4 Å². The van der Waals surface area contributed by atoms with Gasteiger partial charge in [-0.2, -0.15) is 0 Å². The first kappa shape index (κ1) is 9.87. The van der Waals surface area contributed by atoms with Crippen LogP contribution in [0.1, 0.15) is 13.3 Å². The number of aliphatic hydroxyl groups excluding tert-OH is 1. The summed E-state index contributed by atoms with van der Waals surface area (Å²) in [5, 5.41) is 7.90. The van der Waals surface area contributed by atoms with Gasteiger partial charge in [0.1, 0.15) is 0 Å². The molecule has 0 spiro atoms. The van der Waals surface area contributed by atoms with E-state index in [4.69, 9.17) is 5.11 Å². The second kappa shape index (κ2) is 3.90. The molecular formula is C5H13NO3S. The molecule has 0 bridgehead atoms. The lowest BCUT2D eigenvalue weighted by atomic mass is 10.3. The predicted octanol–water partition coefficient (Wildman–Crippen LogP) is -0.694. The minimum Gasteiger partial charge on any atom is -0.395 e. The van der Waals surface area contributed by atoms with Crippen LogP contribution in [0.25, 0.3) is 0 Å². The number of hydrogen-bond donors (Lipinski definition) is 2. The van der Waals surface area contributed by atoms with E-state index in [2.05, 4.69) is 4.72 Å². The van der Waals surface area contributed by atoms with E-state index in [1.165, 1.54) is 7.05 Å². The highest BCUT2D eigenvalue weighted by molar-refractivity contribution is 7.90. The molecule has 0 fully saturated rings. The van der Waals surface area contributed by atoms with Crippen molar-refractivity contribution in [3.8, 4) is 0 Å². The molecule has 0 amide bonds. The standard InChI is InChI=1S/C5H13NO3S/c1-3-5(4-7)10(8,9)6-2/h5-7H,3-4H2,1-2H3. The van der Waals surface area contributed by atoms with Crippen LogP contribution in [0.15, 0.2) is 0 Å². The van der Waals surface area contributed by atoms with Crippen LogP contribution in [0, 0.1) is 0 Å². The molecule has 0 saturated heterocycles. The van der Waals surface area contributed by atoms with Crippen molar-refractivity contribution in [3.05, 3.63) is 0 Å². The van der Waals surface area contributed by atoms with Gasteiger partial charge in [-0.15, -0.1) is 0 Å². The van der Waals surface area contributed by atoms with Crippen molar-refractivity contribution in [1.82, 2.24) is 4.72 Å². The lowest BCUT2D eigenvalue weighted by Gasteiger charge is -2.10. The first-order valence-electron chi connectivity index (χ1n) is 3.11. The Hall–Kier alpha value is -0.130. The first-order valence-corrected chi connectivity index (χ1v) is 4.66. The molecule has 10 heavy (non-hydrogen) atoms. The Morgan fingerprint density at radius 3 is 2.20 bits per heavy atom. The van der Waals surface area contributed by atoms with Gasteiger partial charge in [-0.1, -0.05) is 6.92 Å². The summed E-state index contributed by atoms with van der Waals surface area (Å²) < 4.78 is 23.9. The molecule has 0 aromatic rings. The number of aliphatic hydroxyl groups is 1. The topological polar surface area (TPSA) is 66.4 Å². The number of hydrogen-bond acceptors (Lipinski definition) is 3. The summed E-state index contributed by atoms with van der Waals surface area (Å²) in [6.45, 7) is 1.40. The van der Waals surface area contributed by atoms with Crippen LogP contribution in [0.4, 0.5) is 0 Å². The Bertz CT molecular complexity index is 171. The largest absolute Gasteiger partial charge is 0.395 e. The zero-order chi connectivity index (χ0) is 8.20. The van der Waals surface area contributed by atoms with E-state index < -0.39 is 15.3 Å². The van der Waals surface area contributed by atoms with E-state index >= 15 is 0 Å². The SMILES string of the molecule is CCC(CO)S(=O)(=O)NC. The molecule has 0 radical (unpaired) electrons. The normalized spacial score (nSPS) is 15.1. The monoisotopic (exact) mass is 167 g/mol. The third-order valence-corrected chi connectivity index (χ3v) is 3.31. The van der Waals surface area contributed by atoms with E-state index in [0.29, 0.717) is 6.42 Å². The molecule has 0 rings (SSSR count).